The standard InChI is InChI=1S/C22H18F3N3O/c1-14-10-11-26-20(14)21(29)27-18-13-28(19-5-3-2-4-17(18)19)12-15-6-8-16(9-7-15)22(23,24)25/h2-11,13,26H,12H2,1H3,(H,27,29). The summed E-state index contributed by atoms with van der Waals surface area (Å²) in [6.07, 6.45) is -0.845. The van der Waals surface area contributed by atoms with Crippen LogP contribution in [-0.4, -0.2) is 15.5 Å². The van der Waals surface area contributed by atoms with E-state index in [4.69, 9.17) is 0 Å². The topological polar surface area (TPSA) is 49.8 Å². The summed E-state index contributed by atoms with van der Waals surface area (Å²) in [5.74, 6) is -0.245. The fourth-order valence-electron chi connectivity index (χ4n) is 3.35. The van der Waals surface area contributed by atoms with E-state index in [9.17, 15) is 18.0 Å². The van der Waals surface area contributed by atoms with Gasteiger partial charge in [0, 0.05) is 24.3 Å². The van der Waals surface area contributed by atoms with Gasteiger partial charge < -0.3 is 14.9 Å². The van der Waals surface area contributed by atoms with E-state index in [1.54, 1.807) is 12.4 Å². The fourth-order valence-corrected chi connectivity index (χ4v) is 3.35. The minimum atomic E-state index is -4.36. The molecule has 0 radical (unpaired) electrons. The van der Waals surface area contributed by atoms with Crippen molar-refractivity contribution in [1.82, 2.24) is 9.55 Å². The maximum absolute atomic E-state index is 12.8. The number of H-pyrrole nitrogens is 1. The van der Waals surface area contributed by atoms with Gasteiger partial charge in [0.1, 0.15) is 5.69 Å². The van der Waals surface area contributed by atoms with Crippen molar-refractivity contribution in [3.8, 4) is 0 Å². The molecule has 2 N–H and O–H groups in total. The zero-order valence-corrected chi connectivity index (χ0v) is 15.5. The maximum atomic E-state index is 12.8. The lowest BCUT2D eigenvalue weighted by atomic mass is 10.1. The van der Waals surface area contributed by atoms with E-state index in [1.165, 1.54) is 12.1 Å². The van der Waals surface area contributed by atoms with Crippen LogP contribution in [0.2, 0.25) is 0 Å². The lowest BCUT2D eigenvalue weighted by Crippen LogP contribution is -2.13. The molecule has 7 heteroatoms. The van der Waals surface area contributed by atoms with Gasteiger partial charge in [-0.1, -0.05) is 30.3 Å². The van der Waals surface area contributed by atoms with Crippen molar-refractivity contribution in [2.75, 3.05) is 5.32 Å². The molecule has 0 saturated carbocycles. The first kappa shape index (κ1) is 18.9. The Hall–Kier alpha value is -3.48. The molecule has 0 fully saturated rings. The van der Waals surface area contributed by atoms with Crippen LogP contribution in [0.3, 0.4) is 0 Å². The molecule has 2 aromatic heterocycles. The quantitative estimate of drug-likeness (QED) is 0.463. The second-order valence-electron chi connectivity index (χ2n) is 6.87. The Labute approximate surface area is 165 Å². The van der Waals surface area contributed by atoms with Gasteiger partial charge in [-0.2, -0.15) is 13.2 Å². The minimum Gasteiger partial charge on any atom is -0.357 e. The van der Waals surface area contributed by atoms with Crippen molar-refractivity contribution in [3.05, 3.63) is 89.4 Å². The number of aryl methyl sites for hydroxylation is 1. The third-order valence-corrected chi connectivity index (χ3v) is 4.85. The van der Waals surface area contributed by atoms with Gasteiger partial charge in [-0.05, 0) is 42.3 Å². The number of fused-ring (bicyclic) bond motifs is 1. The Bertz CT molecular complexity index is 1170. The molecule has 4 rings (SSSR count). The van der Waals surface area contributed by atoms with Crippen molar-refractivity contribution in [1.29, 1.82) is 0 Å². The third-order valence-electron chi connectivity index (χ3n) is 4.85. The molecular weight excluding hydrogens is 379 g/mol. The first-order valence-electron chi connectivity index (χ1n) is 9.02. The average Bonchev–Trinajstić information content (AvgIpc) is 3.26. The fraction of sp³-hybridized carbons (Fsp3) is 0.136. The van der Waals surface area contributed by atoms with Crippen LogP contribution in [0, 0.1) is 6.92 Å². The largest absolute Gasteiger partial charge is 0.416 e. The highest BCUT2D eigenvalue weighted by molar-refractivity contribution is 6.08. The van der Waals surface area contributed by atoms with Crippen LogP contribution < -0.4 is 5.32 Å². The number of hydrogen-bond acceptors (Lipinski definition) is 1. The number of aromatic amines is 1. The Morgan fingerprint density at radius 3 is 2.45 bits per heavy atom. The van der Waals surface area contributed by atoms with Crippen LogP contribution in [0.1, 0.15) is 27.2 Å². The number of nitrogens with zero attached hydrogens (tertiary/aromatic N) is 1. The molecule has 2 aromatic carbocycles. The number of carbonyl (C=O) groups is 1. The van der Waals surface area contributed by atoms with Gasteiger partial charge in [-0.3, -0.25) is 4.79 Å². The van der Waals surface area contributed by atoms with Crippen LogP contribution in [-0.2, 0) is 12.7 Å². The Morgan fingerprint density at radius 1 is 1.07 bits per heavy atom. The number of hydrogen-bond donors (Lipinski definition) is 2. The van der Waals surface area contributed by atoms with Gasteiger partial charge in [0.2, 0.25) is 0 Å². The predicted octanol–water partition coefficient (Wildman–Crippen LogP) is 5.60. The van der Waals surface area contributed by atoms with Crippen molar-refractivity contribution in [3.63, 3.8) is 0 Å². The first-order valence-corrected chi connectivity index (χ1v) is 9.02. The second kappa shape index (κ2) is 7.16. The number of para-hydroxylation sites is 1. The van der Waals surface area contributed by atoms with Crippen molar-refractivity contribution in [2.45, 2.75) is 19.6 Å². The highest BCUT2D eigenvalue weighted by atomic mass is 19.4. The van der Waals surface area contributed by atoms with Gasteiger partial charge in [0.15, 0.2) is 0 Å². The summed E-state index contributed by atoms with van der Waals surface area (Å²) < 4.78 is 40.2. The van der Waals surface area contributed by atoms with Crippen LogP contribution in [0.5, 0.6) is 0 Å². The summed E-state index contributed by atoms with van der Waals surface area (Å²) in [5.41, 5.74) is 2.92. The number of aromatic nitrogens is 2. The average molecular weight is 397 g/mol. The highest BCUT2D eigenvalue weighted by Crippen LogP contribution is 2.30. The van der Waals surface area contributed by atoms with Crippen molar-refractivity contribution in [2.24, 2.45) is 0 Å². The third kappa shape index (κ3) is 3.76. The number of alkyl halides is 3. The molecule has 0 aliphatic rings. The van der Waals surface area contributed by atoms with E-state index in [0.29, 0.717) is 17.9 Å². The highest BCUT2D eigenvalue weighted by Gasteiger charge is 2.29. The molecule has 0 bridgehead atoms. The molecule has 148 valence electrons. The summed E-state index contributed by atoms with van der Waals surface area (Å²) in [6.45, 7) is 2.23. The van der Waals surface area contributed by atoms with Gasteiger partial charge in [0.05, 0.1) is 16.8 Å². The number of nitrogens with one attached hydrogen (secondary N) is 2. The summed E-state index contributed by atoms with van der Waals surface area (Å²) >= 11 is 0. The van der Waals surface area contributed by atoms with Gasteiger partial charge in [0.25, 0.3) is 5.91 Å². The molecule has 0 aliphatic carbocycles. The number of carbonyl (C=O) groups excluding carboxylic acids is 1. The Morgan fingerprint density at radius 2 is 1.79 bits per heavy atom. The zero-order chi connectivity index (χ0) is 20.6. The summed E-state index contributed by atoms with van der Waals surface area (Å²) in [5, 5.41) is 3.78. The molecule has 0 atom stereocenters. The molecular formula is C22H18F3N3O. The monoisotopic (exact) mass is 397 g/mol. The van der Waals surface area contributed by atoms with E-state index in [-0.39, 0.29) is 5.91 Å². The van der Waals surface area contributed by atoms with E-state index in [1.807, 2.05) is 41.8 Å². The smallest absolute Gasteiger partial charge is 0.357 e. The van der Waals surface area contributed by atoms with E-state index in [0.717, 1.165) is 34.2 Å². The van der Waals surface area contributed by atoms with Gasteiger partial charge in [-0.25, -0.2) is 0 Å². The molecule has 0 unspecified atom stereocenters. The lowest BCUT2D eigenvalue weighted by Gasteiger charge is -2.09. The SMILES string of the molecule is Cc1cc[nH]c1C(=O)Nc1cn(Cc2ccc(C(F)(F)F)cc2)c2ccccc12. The van der Waals surface area contributed by atoms with E-state index in [2.05, 4.69) is 10.3 Å². The molecule has 29 heavy (non-hydrogen) atoms. The lowest BCUT2D eigenvalue weighted by molar-refractivity contribution is -0.137. The van der Waals surface area contributed by atoms with Crippen LogP contribution >= 0.6 is 0 Å². The molecule has 1 amide bonds. The Balaban J connectivity index is 1.64. The second-order valence-corrected chi connectivity index (χ2v) is 6.87. The Kier molecular flexibility index (Phi) is 4.66. The molecule has 2 heterocycles. The normalized spacial score (nSPS) is 11.7. The predicted molar refractivity (Wildman–Crippen MR) is 106 cm³/mol. The van der Waals surface area contributed by atoms with Crippen LogP contribution in [0.4, 0.5) is 18.9 Å². The molecule has 0 spiro atoms. The molecule has 4 nitrogen and oxygen atoms in total. The van der Waals surface area contributed by atoms with Crippen molar-refractivity contribution >= 4 is 22.5 Å². The molecule has 4 aromatic rings. The molecule has 0 saturated heterocycles. The van der Waals surface area contributed by atoms with E-state index >= 15 is 0 Å². The number of anilines is 1. The number of benzene rings is 2. The molecule has 0 aliphatic heterocycles. The van der Waals surface area contributed by atoms with Gasteiger partial charge in [-0.15, -0.1) is 0 Å². The number of halogens is 3. The van der Waals surface area contributed by atoms with Crippen LogP contribution in [0.25, 0.3) is 10.9 Å². The summed E-state index contributed by atoms with van der Waals surface area (Å²) in [4.78, 5) is 15.5. The minimum absolute atomic E-state index is 0.245. The van der Waals surface area contributed by atoms with Gasteiger partial charge >= 0.3 is 6.18 Å². The van der Waals surface area contributed by atoms with E-state index < -0.39 is 11.7 Å². The zero-order valence-electron chi connectivity index (χ0n) is 15.5. The van der Waals surface area contributed by atoms with Crippen LogP contribution in [0.15, 0.2) is 67.0 Å². The maximum Gasteiger partial charge on any atom is 0.416 e. The summed E-state index contributed by atoms with van der Waals surface area (Å²) in [6, 6.07) is 14.5. The van der Waals surface area contributed by atoms with Crippen molar-refractivity contribution < 1.29 is 18.0 Å². The summed E-state index contributed by atoms with van der Waals surface area (Å²) in [7, 11) is 0. The number of rotatable bonds is 4. The first-order chi connectivity index (χ1) is 13.8. The number of amides is 1.